The molecule has 2 aromatic rings. The van der Waals surface area contributed by atoms with Crippen molar-refractivity contribution in [3.8, 4) is 0 Å². The zero-order valence-corrected chi connectivity index (χ0v) is 22.1. The number of anilines is 3. The van der Waals surface area contributed by atoms with Gasteiger partial charge in [0.1, 0.15) is 0 Å². The Morgan fingerprint density at radius 2 is 1.59 bits per heavy atom. The van der Waals surface area contributed by atoms with Gasteiger partial charge in [-0.05, 0) is 37.3 Å². The number of sulfonamides is 1. The first-order valence-electron chi connectivity index (χ1n) is 11.3. The molecule has 0 saturated carbocycles. The number of amides is 1. The number of hydrogen-bond donors (Lipinski definition) is 4. The second-order valence-corrected chi connectivity index (χ2v) is 10.6. The smallest absolute Gasteiger partial charge is 0.478 e. The van der Waals surface area contributed by atoms with Crippen LogP contribution in [-0.2, 0) is 19.6 Å². The summed E-state index contributed by atoms with van der Waals surface area (Å²) in [5.41, 5.74) is 1.18. The number of halogens is 4. The van der Waals surface area contributed by atoms with Gasteiger partial charge in [0.05, 0.1) is 34.3 Å². The molecule has 39 heavy (non-hydrogen) atoms. The van der Waals surface area contributed by atoms with Crippen LogP contribution in [0.15, 0.2) is 42.5 Å². The van der Waals surface area contributed by atoms with Crippen LogP contribution in [0.4, 0.5) is 30.2 Å². The van der Waals surface area contributed by atoms with Crippen LogP contribution in [0.1, 0.15) is 17.3 Å². The van der Waals surface area contributed by atoms with Gasteiger partial charge in [0.25, 0.3) is 0 Å². The summed E-state index contributed by atoms with van der Waals surface area (Å²) < 4.78 is 57.7. The number of carboxylic acid groups (broad SMARTS) is 2. The fourth-order valence-electron chi connectivity index (χ4n) is 3.35. The van der Waals surface area contributed by atoms with Gasteiger partial charge in [-0.25, -0.2) is 18.0 Å². The van der Waals surface area contributed by atoms with E-state index in [9.17, 15) is 36.3 Å². The lowest BCUT2D eigenvalue weighted by Crippen LogP contribution is -2.48. The molecule has 16 heteroatoms. The highest BCUT2D eigenvalue weighted by atomic mass is 35.5. The van der Waals surface area contributed by atoms with Crippen molar-refractivity contribution in [2.45, 2.75) is 13.1 Å². The van der Waals surface area contributed by atoms with E-state index >= 15 is 0 Å². The molecule has 3 rings (SSSR count). The van der Waals surface area contributed by atoms with Crippen LogP contribution in [0.2, 0.25) is 5.02 Å². The van der Waals surface area contributed by atoms with E-state index < -0.39 is 28.1 Å². The summed E-state index contributed by atoms with van der Waals surface area (Å²) in [7, 11) is -3.59. The minimum absolute atomic E-state index is 0.0398. The second-order valence-electron chi connectivity index (χ2n) is 8.13. The SMILES string of the molecule is CCS(=O)(=O)Nc1ccc(N2CCN(CC(=O)Nc3ccccc3Cl)CC2)cc1C(=O)O.O=C(O)C(F)(F)F. The number of aliphatic carboxylic acids is 1. The van der Waals surface area contributed by atoms with Crippen molar-refractivity contribution in [2.24, 2.45) is 0 Å². The Morgan fingerprint density at radius 3 is 2.10 bits per heavy atom. The molecule has 0 aliphatic carbocycles. The van der Waals surface area contributed by atoms with Crippen molar-refractivity contribution >= 4 is 56.5 Å². The third kappa shape index (κ3) is 9.92. The Bertz CT molecular complexity index is 1300. The molecule has 0 atom stereocenters. The Labute approximate surface area is 227 Å². The van der Waals surface area contributed by atoms with Crippen molar-refractivity contribution in [2.75, 3.05) is 53.4 Å². The van der Waals surface area contributed by atoms with Gasteiger partial charge in [-0.15, -0.1) is 0 Å². The Balaban J connectivity index is 0.000000673. The van der Waals surface area contributed by atoms with Gasteiger partial charge in [-0.1, -0.05) is 23.7 Å². The first-order valence-corrected chi connectivity index (χ1v) is 13.4. The number of carboxylic acids is 2. The van der Waals surface area contributed by atoms with E-state index in [0.717, 1.165) is 0 Å². The number of hydrogen-bond acceptors (Lipinski definition) is 7. The second kappa shape index (κ2) is 13.5. The number of benzene rings is 2. The number of aromatic carboxylic acids is 1. The maximum Gasteiger partial charge on any atom is 0.490 e. The van der Waals surface area contributed by atoms with Crippen LogP contribution in [0.3, 0.4) is 0 Å². The summed E-state index contributed by atoms with van der Waals surface area (Å²) in [5.74, 6) is -4.28. The summed E-state index contributed by atoms with van der Waals surface area (Å²) >= 11 is 6.07. The summed E-state index contributed by atoms with van der Waals surface area (Å²) in [4.78, 5) is 36.9. The fourth-order valence-corrected chi connectivity index (χ4v) is 4.19. The highest BCUT2D eigenvalue weighted by Crippen LogP contribution is 2.26. The number of alkyl halides is 3. The van der Waals surface area contributed by atoms with Crippen LogP contribution in [0.25, 0.3) is 0 Å². The monoisotopic (exact) mass is 594 g/mol. The van der Waals surface area contributed by atoms with Gasteiger partial charge < -0.3 is 20.4 Å². The standard InChI is InChI=1S/C21H25ClN4O5S.C2HF3O2/c1-2-32(30,31)24-18-8-7-15(13-16(18)21(28)29)26-11-9-25(10-12-26)14-20(27)23-19-6-4-3-5-17(19)22;3-2(4,5)1(6)7/h3-8,13,24H,2,9-12,14H2,1H3,(H,23,27)(H,28,29);(H,6,7). The normalized spacial score (nSPS) is 14.1. The van der Waals surface area contributed by atoms with Gasteiger partial charge in [0.2, 0.25) is 15.9 Å². The van der Waals surface area contributed by atoms with Crippen molar-refractivity contribution in [1.29, 1.82) is 0 Å². The van der Waals surface area contributed by atoms with Crippen molar-refractivity contribution in [3.63, 3.8) is 0 Å². The van der Waals surface area contributed by atoms with Crippen LogP contribution in [-0.4, -0.2) is 86.0 Å². The Hall–Kier alpha value is -3.56. The van der Waals surface area contributed by atoms with E-state index in [-0.39, 0.29) is 29.5 Å². The molecule has 1 amide bonds. The summed E-state index contributed by atoms with van der Waals surface area (Å²) in [6, 6.07) is 11.7. The van der Waals surface area contributed by atoms with E-state index in [2.05, 4.69) is 10.0 Å². The average Bonchev–Trinajstić information content (AvgIpc) is 2.85. The molecule has 11 nitrogen and oxygen atoms in total. The Kier molecular flexibility index (Phi) is 10.9. The molecule has 0 unspecified atom stereocenters. The molecule has 214 valence electrons. The van der Waals surface area contributed by atoms with E-state index in [0.29, 0.717) is 42.6 Å². The zero-order chi connectivity index (χ0) is 29.4. The lowest BCUT2D eigenvalue weighted by molar-refractivity contribution is -0.192. The zero-order valence-electron chi connectivity index (χ0n) is 20.5. The quantitative estimate of drug-likeness (QED) is 0.360. The van der Waals surface area contributed by atoms with Crippen molar-refractivity contribution < 1.29 is 46.2 Å². The van der Waals surface area contributed by atoms with Crippen LogP contribution in [0.5, 0.6) is 0 Å². The number of para-hydroxylation sites is 1. The Morgan fingerprint density at radius 1 is 1.00 bits per heavy atom. The van der Waals surface area contributed by atoms with E-state index in [1.54, 1.807) is 30.3 Å². The molecule has 1 fully saturated rings. The molecular formula is C23H26ClF3N4O7S. The number of carbonyl (C=O) groups is 3. The molecule has 1 aliphatic rings. The maximum atomic E-state index is 12.3. The van der Waals surface area contributed by atoms with E-state index in [1.807, 2.05) is 9.80 Å². The van der Waals surface area contributed by atoms with E-state index in [4.69, 9.17) is 21.5 Å². The average molecular weight is 595 g/mol. The lowest BCUT2D eigenvalue weighted by atomic mass is 10.1. The van der Waals surface area contributed by atoms with Gasteiger partial charge in [0.15, 0.2) is 0 Å². The third-order valence-electron chi connectivity index (χ3n) is 5.37. The highest BCUT2D eigenvalue weighted by Gasteiger charge is 2.38. The maximum absolute atomic E-state index is 12.3. The molecule has 4 N–H and O–H groups in total. The number of nitrogens with zero attached hydrogens (tertiary/aromatic N) is 2. The molecular weight excluding hydrogens is 569 g/mol. The topological polar surface area (TPSA) is 156 Å². The lowest BCUT2D eigenvalue weighted by Gasteiger charge is -2.36. The molecule has 0 spiro atoms. The van der Waals surface area contributed by atoms with Crippen LogP contribution in [0, 0.1) is 0 Å². The predicted molar refractivity (Wildman–Crippen MR) is 139 cm³/mol. The number of carbonyl (C=O) groups excluding carboxylic acids is 1. The predicted octanol–water partition coefficient (Wildman–Crippen LogP) is 3.19. The number of rotatable bonds is 8. The molecule has 2 aromatic carbocycles. The van der Waals surface area contributed by atoms with Gasteiger partial charge in [-0.3, -0.25) is 14.4 Å². The molecule has 1 aliphatic heterocycles. The minimum Gasteiger partial charge on any atom is -0.478 e. The summed E-state index contributed by atoms with van der Waals surface area (Å²) in [5, 5.41) is 19.9. The summed E-state index contributed by atoms with van der Waals surface area (Å²) in [6.07, 6.45) is -5.08. The van der Waals surface area contributed by atoms with Gasteiger partial charge >= 0.3 is 18.1 Å². The van der Waals surface area contributed by atoms with Gasteiger partial charge in [0, 0.05) is 31.9 Å². The molecule has 1 heterocycles. The molecule has 0 aromatic heterocycles. The molecule has 0 radical (unpaired) electrons. The van der Waals surface area contributed by atoms with Crippen LogP contribution < -0.4 is 14.9 Å². The van der Waals surface area contributed by atoms with Crippen molar-refractivity contribution in [1.82, 2.24) is 4.90 Å². The first-order chi connectivity index (χ1) is 18.1. The van der Waals surface area contributed by atoms with E-state index in [1.165, 1.54) is 19.1 Å². The minimum atomic E-state index is -5.08. The highest BCUT2D eigenvalue weighted by molar-refractivity contribution is 7.92. The third-order valence-corrected chi connectivity index (χ3v) is 6.99. The number of nitrogens with one attached hydrogen (secondary N) is 2. The largest absolute Gasteiger partial charge is 0.490 e. The first kappa shape index (κ1) is 31.7. The van der Waals surface area contributed by atoms with Gasteiger partial charge in [-0.2, -0.15) is 13.2 Å². The molecule has 0 bridgehead atoms. The van der Waals surface area contributed by atoms with Crippen LogP contribution >= 0.6 is 11.6 Å². The number of piperazine rings is 1. The molecule has 1 saturated heterocycles. The fraction of sp³-hybridized carbons (Fsp3) is 0.348. The summed E-state index contributed by atoms with van der Waals surface area (Å²) in [6.45, 7) is 4.12. The van der Waals surface area contributed by atoms with Crippen molar-refractivity contribution in [3.05, 3.63) is 53.1 Å².